The Morgan fingerprint density at radius 1 is 1.10 bits per heavy atom. The molecule has 1 heterocycles. The number of aliphatic imine (C=N–C) groups is 1. The van der Waals surface area contributed by atoms with Crippen LogP contribution in [-0.2, 0) is 16.6 Å². The molecule has 0 saturated carbocycles. The SMILES string of the molecule is CN=C(NCc1ccccc1S(=O)(=O)N(C)C)N1CCN(c2cccc(Cl)c2)CC1. The average Bonchev–Trinajstić information content (AvgIpc) is 2.75. The zero-order valence-corrected chi connectivity index (χ0v) is 19.1. The lowest BCUT2D eigenvalue weighted by Crippen LogP contribution is -2.52. The smallest absolute Gasteiger partial charge is 0.242 e. The molecule has 0 aromatic heterocycles. The van der Waals surface area contributed by atoms with E-state index in [0.717, 1.165) is 42.8 Å². The zero-order valence-electron chi connectivity index (χ0n) is 17.5. The summed E-state index contributed by atoms with van der Waals surface area (Å²) in [6.07, 6.45) is 0. The van der Waals surface area contributed by atoms with Crippen LogP contribution in [-0.4, -0.2) is 70.9 Å². The van der Waals surface area contributed by atoms with Crippen LogP contribution in [0, 0.1) is 0 Å². The first-order chi connectivity index (χ1) is 14.3. The molecule has 1 N–H and O–H groups in total. The van der Waals surface area contributed by atoms with Gasteiger partial charge in [0, 0.05) is 64.6 Å². The Kier molecular flexibility index (Phi) is 7.23. The highest BCUT2D eigenvalue weighted by atomic mass is 35.5. The normalized spacial score (nSPS) is 15.6. The summed E-state index contributed by atoms with van der Waals surface area (Å²) >= 11 is 6.12. The minimum atomic E-state index is -3.51. The van der Waals surface area contributed by atoms with Crippen LogP contribution in [0.25, 0.3) is 0 Å². The van der Waals surface area contributed by atoms with E-state index >= 15 is 0 Å². The van der Waals surface area contributed by atoms with Gasteiger partial charge in [-0.1, -0.05) is 35.9 Å². The monoisotopic (exact) mass is 449 g/mol. The van der Waals surface area contributed by atoms with E-state index in [2.05, 4.69) is 26.2 Å². The van der Waals surface area contributed by atoms with E-state index < -0.39 is 10.0 Å². The first-order valence-electron chi connectivity index (χ1n) is 9.79. The molecule has 2 aromatic carbocycles. The van der Waals surface area contributed by atoms with Gasteiger partial charge in [0.1, 0.15) is 0 Å². The third-order valence-electron chi connectivity index (χ3n) is 5.13. The molecule has 1 aliphatic heterocycles. The van der Waals surface area contributed by atoms with Crippen molar-refractivity contribution in [1.29, 1.82) is 0 Å². The van der Waals surface area contributed by atoms with Gasteiger partial charge in [0.05, 0.1) is 4.90 Å². The van der Waals surface area contributed by atoms with Crippen molar-refractivity contribution in [1.82, 2.24) is 14.5 Å². The summed E-state index contributed by atoms with van der Waals surface area (Å²) in [5, 5.41) is 4.06. The van der Waals surface area contributed by atoms with Gasteiger partial charge in [0.25, 0.3) is 0 Å². The average molecular weight is 450 g/mol. The Labute approximate surface area is 184 Å². The van der Waals surface area contributed by atoms with Crippen LogP contribution in [0.3, 0.4) is 0 Å². The summed E-state index contributed by atoms with van der Waals surface area (Å²) in [5.41, 5.74) is 1.83. The Balaban J connectivity index is 1.64. The minimum Gasteiger partial charge on any atom is -0.368 e. The molecule has 0 amide bonds. The number of piperazine rings is 1. The van der Waals surface area contributed by atoms with E-state index in [1.807, 2.05) is 30.3 Å². The van der Waals surface area contributed by atoms with Gasteiger partial charge in [-0.05, 0) is 29.8 Å². The third kappa shape index (κ3) is 5.06. The van der Waals surface area contributed by atoms with Crippen LogP contribution in [0.4, 0.5) is 5.69 Å². The molecule has 0 bridgehead atoms. The largest absolute Gasteiger partial charge is 0.368 e. The molecule has 1 saturated heterocycles. The van der Waals surface area contributed by atoms with E-state index in [1.54, 1.807) is 19.2 Å². The molecule has 0 radical (unpaired) electrons. The Morgan fingerprint density at radius 3 is 2.43 bits per heavy atom. The van der Waals surface area contributed by atoms with Gasteiger partial charge in [0.15, 0.2) is 5.96 Å². The lowest BCUT2D eigenvalue weighted by Gasteiger charge is -2.37. The number of nitrogens with zero attached hydrogens (tertiary/aromatic N) is 4. The van der Waals surface area contributed by atoms with Crippen molar-refractivity contribution < 1.29 is 8.42 Å². The van der Waals surface area contributed by atoms with E-state index in [4.69, 9.17) is 11.6 Å². The van der Waals surface area contributed by atoms with Crippen molar-refractivity contribution in [3.63, 3.8) is 0 Å². The number of nitrogens with one attached hydrogen (secondary N) is 1. The molecule has 0 aliphatic carbocycles. The van der Waals surface area contributed by atoms with Gasteiger partial charge < -0.3 is 15.1 Å². The van der Waals surface area contributed by atoms with Crippen LogP contribution in [0.2, 0.25) is 5.02 Å². The van der Waals surface area contributed by atoms with E-state index in [0.29, 0.717) is 17.0 Å². The maximum atomic E-state index is 12.6. The molecule has 0 atom stereocenters. The first kappa shape index (κ1) is 22.4. The van der Waals surface area contributed by atoms with Gasteiger partial charge >= 0.3 is 0 Å². The number of hydrogen-bond donors (Lipinski definition) is 1. The van der Waals surface area contributed by atoms with Crippen molar-refractivity contribution in [2.45, 2.75) is 11.4 Å². The van der Waals surface area contributed by atoms with E-state index in [1.165, 1.54) is 18.4 Å². The summed E-state index contributed by atoms with van der Waals surface area (Å²) in [4.78, 5) is 9.19. The summed E-state index contributed by atoms with van der Waals surface area (Å²) in [6.45, 7) is 3.71. The van der Waals surface area contributed by atoms with E-state index in [9.17, 15) is 8.42 Å². The second-order valence-electron chi connectivity index (χ2n) is 7.25. The molecule has 9 heteroatoms. The van der Waals surface area contributed by atoms with Crippen molar-refractivity contribution >= 4 is 33.3 Å². The fourth-order valence-electron chi connectivity index (χ4n) is 3.45. The van der Waals surface area contributed by atoms with Gasteiger partial charge in [0.2, 0.25) is 10.0 Å². The number of anilines is 1. The molecule has 0 spiro atoms. The van der Waals surface area contributed by atoms with Crippen molar-refractivity contribution in [3.8, 4) is 0 Å². The summed E-state index contributed by atoms with van der Waals surface area (Å²) in [6, 6.07) is 14.9. The van der Waals surface area contributed by atoms with Crippen LogP contribution in [0.1, 0.15) is 5.56 Å². The minimum absolute atomic E-state index is 0.309. The van der Waals surface area contributed by atoms with Crippen LogP contribution in [0.5, 0.6) is 0 Å². The standard InChI is InChI=1S/C21H28ClN5O2S/c1-23-21(24-16-17-7-4-5-10-20(17)30(28,29)25(2)3)27-13-11-26(12-14-27)19-9-6-8-18(22)15-19/h4-10,15H,11-14,16H2,1-3H3,(H,23,24). The van der Waals surface area contributed by atoms with Crippen molar-refractivity contribution in [2.75, 3.05) is 52.2 Å². The maximum absolute atomic E-state index is 12.6. The molecule has 0 unspecified atom stereocenters. The quantitative estimate of drug-likeness (QED) is 0.561. The lowest BCUT2D eigenvalue weighted by atomic mass is 10.2. The first-order valence-corrected chi connectivity index (χ1v) is 11.6. The van der Waals surface area contributed by atoms with Crippen LogP contribution < -0.4 is 10.2 Å². The lowest BCUT2D eigenvalue weighted by molar-refractivity contribution is 0.372. The Bertz CT molecular complexity index is 1000. The second kappa shape index (κ2) is 9.68. The van der Waals surface area contributed by atoms with E-state index in [-0.39, 0.29) is 0 Å². The van der Waals surface area contributed by atoms with Crippen LogP contribution >= 0.6 is 11.6 Å². The fraction of sp³-hybridized carbons (Fsp3) is 0.381. The van der Waals surface area contributed by atoms with Gasteiger partial charge in [-0.25, -0.2) is 12.7 Å². The predicted octanol–water partition coefficient (Wildman–Crippen LogP) is 2.49. The highest BCUT2D eigenvalue weighted by molar-refractivity contribution is 7.89. The summed E-state index contributed by atoms with van der Waals surface area (Å²) in [7, 11) is 1.32. The Hall–Kier alpha value is -2.29. The molecule has 1 aliphatic rings. The third-order valence-corrected chi connectivity index (χ3v) is 7.28. The predicted molar refractivity (Wildman–Crippen MR) is 123 cm³/mol. The number of halogens is 1. The second-order valence-corrected chi connectivity index (χ2v) is 9.81. The molecular formula is C21H28ClN5O2S. The molecular weight excluding hydrogens is 422 g/mol. The number of rotatable bonds is 5. The molecule has 2 aromatic rings. The van der Waals surface area contributed by atoms with Crippen molar-refractivity contribution in [3.05, 3.63) is 59.1 Å². The van der Waals surface area contributed by atoms with Gasteiger partial charge in [-0.3, -0.25) is 4.99 Å². The number of guanidine groups is 1. The highest BCUT2D eigenvalue weighted by Gasteiger charge is 2.23. The number of sulfonamides is 1. The maximum Gasteiger partial charge on any atom is 0.242 e. The summed E-state index contributed by atoms with van der Waals surface area (Å²) in [5.74, 6) is 0.762. The molecule has 1 fully saturated rings. The molecule has 3 rings (SSSR count). The summed E-state index contributed by atoms with van der Waals surface area (Å²) < 4.78 is 26.4. The van der Waals surface area contributed by atoms with Gasteiger partial charge in [-0.15, -0.1) is 0 Å². The zero-order chi connectivity index (χ0) is 21.7. The number of benzene rings is 2. The highest BCUT2D eigenvalue weighted by Crippen LogP contribution is 2.21. The molecule has 162 valence electrons. The molecule has 7 nitrogen and oxygen atoms in total. The topological polar surface area (TPSA) is 68.2 Å². The van der Waals surface area contributed by atoms with Gasteiger partial charge in [-0.2, -0.15) is 0 Å². The molecule has 30 heavy (non-hydrogen) atoms. The van der Waals surface area contributed by atoms with Crippen LogP contribution in [0.15, 0.2) is 58.4 Å². The fourth-order valence-corrected chi connectivity index (χ4v) is 4.75. The Morgan fingerprint density at radius 2 is 1.80 bits per heavy atom. The van der Waals surface area contributed by atoms with Crippen molar-refractivity contribution in [2.24, 2.45) is 4.99 Å². The number of hydrogen-bond acceptors (Lipinski definition) is 4.